The molecule has 1 aromatic rings. The molecule has 1 atom stereocenters. The lowest BCUT2D eigenvalue weighted by Crippen LogP contribution is -2.41. The van der Waals surface area contributed by atoms with E-state index in [0.717, 1.165) is 0 Å². The minimum atomic E-state index is -3.82. The number of ether oxygens (including phenoxy) is 1. The van der Waals surface area contributed by atoms with Crippen molar-refractivity contribution in [1.82, 2.24) is 5.32 Å². The Morgan fingerprint density at radius 2 is 2.05 bits per heavy atom. The molecule has 112 valence electrons. The highest BCUT2D eigenvalue weighted by Gasteiger charge is 2.18. The van der Waals surface area contributed by atoms with Crippen molar-refractivity contribution in [3.05, 3.63) is 29.8 Å². The third-order valence-electron chi connectivity index (χ3n) is 2.89. The first-order valence-corrected chi connectivity index (χ1v) is 7.73. The fraction of sp³-hybridized carbons (Fsp3) is 0.462. The number of nitrogens with one attached hydrogen (secondary N) is 1. The van der Waals surface area contributed by atoms with Crippen molar-refractivity contribution in [2.24, 2.45) is 11.1 Å². The van der Waals surface area contributed by atoms with Crippen molar-refractivity contribution in [2.45, 2.75) is 24.8 Å². The molecule has 20 heavy (non-hydrogen) atoms. The number of nitrogens with two attached hydrogens (primary N) is 1. The number of rotatable bonds is 6. The molecule has 0 aliphatic heterocycles. The van der Waals surface area contributed by atoms with E-state index in [1.165, 1.54) is 24.3 Å². The molecule has 1 amide bonds. The summed E-state index contributed by atoms with van der Waals surface area (Å²) in [6, 6.07) is 5.48. The fourth-order valence-electron chi connectivity index (χ4n) is 1.65. The minimum Gasteiger partial charge on any atom is -0.383 e. The first kappa shape index (κ1) is 16.6. The van der Waals surface area contributed by atoms with E-state index in [4.69, 9.17) is 9.88 Å². The lowest BCUT2D eigenvalue weighted by Gasteiger charge is -2.21. The van der Waals surface area contributed by atoms with Crippen LogP contribution in [0.25, 0.3) is 0 Å². The second-order valence-corrected chi connectivity index (χ2v) is 6.41. The maximum atomic E-state index is 12.1. The van der Waals surface area contributed by atoms with Crippen LogP contribution in [0, 0.1) is 5.92 Å². The number of carbonyl (C=O) groups excluding carboxylic acids is 1. The van der Waals surface area contributed by atoms with Gasteiger partial charge in [0.1, 0.15) is 0 Å². The molecule has 0 saturated carbocycles. The van der Waals surface area contributed by atoms with Crippen molar-refractivity contribution in [1.29, 1.82) is 0 Å². The second kappa shape index (κ2) is 6.83. The third kappa shape index (κ3) is 4.59. The molecule has 7 heteroatoms. The van der Waals surface area contributed by atoms with Crippen LogP contribution < -0.4 is 10.5 Å². The predicted octanol–water partition coefficient (Wildman–Crippen LogP) is 0.735. The molecule has 0 aromatic heterocycles. The van der Waals surface area contributed by atoms with Crippen molar-refractivity contribution >= 4 is 15.9 Å². The van der Waals surface area contributed by atoms with Gasteiger partial charge in [0.25, 0.3) is 5.91 Å². The van der Waals surface area contributed by atoms with Gasteiger partial charge in [0.05, 0.1) is 17.5 Å². The average molecular weight is 300 g/mol. The van der Waals surface area contributed by atoms with Gasteiger partial charge in [-0.25, -0.2) is 13.6 Å². The highest BCUT2D eigenvalue weighted by Crippen LogP contribution is 2.11. The van der Waals surface area contributed by atoms with Crippen molar-refractivity contribution in [3.63, 3.8) is 0 Å². The van der Waals surface area contributed by atoms with Crippen LogP contribution in [0.15, 0.2) is 29.2 Å². The Balaban J connectivity index is 2.92. The Hall–Kier alpha value is -1.44. The molecule has 1 unspecified atom stereocenters. The van der Waals surface area contributed by atoms with Gasteiger partial charge in [-0.2, -0.15) is 0 Å². The van der Waals surface area contributed by atoms with E-state index >= 15 is 0 Å². The van der Waals surface area contributed by atoms with Crippen molar-refractivity contribution < 1.29 is 17.9 Å². The standard InChI is InChI=1S/C13H20N2O4S/c1-9(2)12(8-19-3)15-13(16)10-5-4-6-11(7-10)20(14,17)18/h4-7,9,12H,8H2,1-3H3,(H,15,16)(H2,14,17,18). The topological polar surface area (TPSA) is 98.5 Å². The molecule has 0 bridgehead atoms. The van der Waals surface area contributed by atoms with Gasteiger partial charge in [0, 0.05) is 12.7 Å². The average Bonchev–Trinajstić information content (AvgIpc) is 2.37. The minimum absolute atomic E-state index is 0.0852. The fourth-order valence-corrected chi connectivity index (χ4v) is 2.21. The van der Waals surface area contributed by atoms with E-state index in [2.05, 4.69) is 5.32 Å². The number of carbonyl (C=O) groups is 1. The summed E-state index contributed by atoms with van der Waals surface area (Å²) in [6.45, 7) is 4.31. The number of methoxy groups -OCH3 is 1. The zero-order valence-electron chi connectivity index (χ0n) is 11.8. The number of hydrogen-bond acceptors (Lipinski definition) is 4. The second-order valence-electron chi connectivity index (χ2n) is 4.85. The molecular weight excluding hydrogens is 280 g/mol. The van der Waals surface area contributed by atoms with Gasteiger partial charge in [0.15, 0.2) is 0 Å². The SMILES string of the molecule is COCC(NC(=O)c1cccc(S(N)(=O)=O)c1)C(C)C. The molecule has 0 spiro atoms. The van der Waals surface area contributed by atoms with Crippen LogP contribution in [0.2, 0.25) is 0 Å². The van der Waals surface area contributed by atoms with Crippen LogP contribution in [-0.2, 0) is 14.8 Å². The Morgan fingerprint density at radius 3 is 2.55 bits per heavy atom. The zero-order chi connectivity index (χ0) is 15.3. The van der Waals surface area contributed by atoms with Crippen LogP contribution in [0.1, 0.15) is 24.2 Å². The molecule has 0 aliphatic rings. The molecule has 0 saturated heterocycles. The van der Waals surface area contributed by atoms with Crippen LogP contribution in [0.3, 0.4) is 0 Å². The molecule has 1 aromatic carbocycles. The quantitative estimate of drug-likeness (QED) is 0.809. The number of hydrogen-bond donors (Lipinski definition) is 2. The highest BCUT2D eigenvalue weighted by molar-refractivity contribution is 7.89. The molecule has 0 aliphatic carbocycles. The number of amides is 1. The molecule has 0 heterocycles. The summed E-state index contributed by atoms with van der Waals surface area (Å²) < 4.78 is 27.6. The van der Waals surface area contributed by atoms with Gasteiger partial charge >= 0.3 is 0 Å². The van der Waals surface area contributed by atoms with Gasteiger partial charge in [-0.3, -0.25) is 4.79 Å². The molecule has 3 N–H and O–H groups in total. The summed E-state index contributed by atoms with van der Waals surface area (Å²) in [5.74, 6) is -0.161. The normalized spacial score (nSPS) is 13.2. The number of sulfonamides is 1. The first-order valence-electron chi connectivity index (χ1n) is 6.18. The number of benzene rings is 1. The Kier molecular flexibility index (Phi) is 5.67. The Morgan fingerprint density at radius 1 is 1.40 bits per heavy atom. The maximum absolute atomic E-state index is 12.1. The lowest BCUT2D eigenvalue weighted by molar-refractivity contribution is 0.0866. The van der Waals surface area contributed by atoms with Gasteiger partial charge < -0.3 is 10.1 Å². The summed E-state index contributed by atoms with van der Waals surface area (Å²) in [5.41, 5.74) is 0.248. The number of primary sulfonamides is 1. The van der Waals surface area contributed by atoms with Crippen molar-refractivity contribution in [3.8, 4) is 0 Å². The third-order valence-corrected chi connectivity index (χ3v) is 3.80. The summed E-state index contributed by atoms with van der Waals surface area (Å²) in [7, 11) is -2.26. The molecule has 6 nitrogen and oxygen atoms in total. The predicted molar refractivity (Wildman–Crippen MR) is 75.8 cm³/mol. The van der Waals surface area contributed by atoms with E-state index < -0.39 is 10.0 Å². The van der Waals surface area contributed by atoms with E-state index in [1.807, 2.05) is 13.8 Å². The van der Waals surface area contributed by atoms with Crippen LogP contribution in [0.5, 0.6) is 0 Å². The summed E-state index contributed by atoms with van der Waals surface area (Å²) in [6.07, 6.45) is 0. The van der Waals surface area contributed by atoms with Gasteiger partial charge in [0.2, 0.25) is 10.0 Å². The summed E-state index contributed by atoms with van der Waals surface area (Å²) in [5, 5.41) is 7.86. The first-order chi connectivity index (χ1) is 9.25. The summed E-state index contributed by atoms with van der Waals surface area (Å²) in [4.78, 5) is 12.0. The van der Waals surface area contributed by atoms with E-state index in [-0.39, 0.29) is 28.3 Å². The maximum Gasteiger partial charge on any atom is 0.251 e. The monoisotopic (exact) mass is 300 g/mol. The van der Waals surface area contributed by atoms with E-state index in [9.17, 15) is 13.2 Å². The van der Waals surface area contributed by atoms with Crippen LogP contribution in [0.4, 0.5) is 0 Å². The Bertz CT molecular complexity index is 569. The zero-order valence-corrected chi connectivity index (χ0v) is 12.6. The lowest BCUT2D eigenvalue weighted by atomic mass is 10.0. The Labute approximate surface area is 119 Å². The van der Waals surface area contributed by atoms with E-state index in [1.54, 1.807) is 7.11 Å². The van der Waals surface area contributed by atoms with Crippen molar-refractivity contribution in [2.75, 3.05) is 13.7 Å². The molecule has 1 rings (SSSR count). The van der Waals surface area contributed by atoms with Crippen LogP contribution in [-0.4, -0.2) is 34.1 Å². The largest absolute Gasteiger partial charge is 0.383 e. The van der Waals surface area contributed by atoms with Gasteiger partial charge in [-0.05, 0) is 24.1 Å². The molecule has 0 fully saturated rings. The molecular formula is C13H20N2O4S. The molecule has 0 radical (unpaired) electrons. The van der Waals surface area contributed by atoms with Gasteiger partial charge in [-0.1, -0.05) is 19.9 Å². The van der Waals surface area contributed by atoms with E-state index in [0.29, 0.717) is 6.61 Å². The van der Waals surface area contributed by atoms with Crippen LogP contribution >= 0.6 is 0 Å². The smallest absolute Gasteiger partial charge is 0.251 e. The van der Waals surface area contributed by atoms with Gasteiger partial charge in [-0.15, -0.1) is 0 Å². The summed E-state index contributed by atoms with van der Waals surface area (Å²) >= 11 is 0. The highest BCUT2D eigenvalue weighted by atomic mass is 32.2.